The SMILES string of the molecule is [Cl-].[Li+].[Li+].[O-][Cl+3]([O-])([O-])[O-]. The smallest absolute Gasteiger partial charge is 1.00 e. The molecular weight excluding hydrogens is 149 g/mol. The van der Waals surface area contributed by atoms with Gasteiger partial charge in [0.15, 0.2) is 0 Å². The zero-order valence-electron chi connectivity index (χ0n) is 4.39. The third kappa shape index (κ3) is 128. The van der Waals surface area contributed by atoms with Crippen molar-refractivity contribution in [2.75, 3.05) is 0 Å². The van der Waals surface area contributed by atoms with Gasteiger partial charge in [-0.05, 0) is 0 Å². The summed E-state index contributed by atoms with van der Waals surface area (Å²) in [6.07, 6.45) is 0. The molecule has 0 aliphatic carbocycles. The fourth-order valence-electron chi connectivity index (χ4n) is 0. The summed E-state index contributed by atoms with van der Waals surface area (Å²) in [5, 5.41) is 0. The summed E-state index contributed by atoms with van der Waals surface area (Å²) in [5.41, 5.74) is 0. The summed E-state index contributed by atoms with van der Waals surface area (Å²) >= 11 is 0. The van der Waals surface area contributed by atoms with Gasteiger partial charge in [0.1, 0.15) is 0 Å². The van der Waals surface area contributed by atoms with Gasteiger partial charge in [-0.2, -0.15) is 0 Å². The van der Waals surface area contributed by atoms with E-state index in [2.05, 4.69) is 0 Å². The van der Waals surface area contributed by atoms with Crippen LogP contribution in [0.5, 0.6) is 0 Å². The first-order valence-electron chi connectivity index (χ1n) is 0.617. The number of halogens is 2. The average molecular weight is 149 g/mol. The molecule has 0 aliphatic rings. The Hall–Kier alpha value is 1.61. The van der Waals surface area contributed by atoms with Crippen LogP contribution in [0.25, 0.3) is 0 Å². The van der Waals surface area contributed by atoms with Crippen LogP contribution in [0, 0.1) is 10.2 Å². The van der Waals surface area contributed by atoms with Crippen molar-refractivity contribution in [1.82, 2.24) is 0 Å². The van der Waals surface area contributed by atoms with Gasteiger partial charge < -0.3 is 12.4 Å². The van der Waals surface area contributed by atoms with Gasteiger partial charge in [-0.25, -0.2) is 18.6 Å². The van der Waals surface area contributed by atoms with E-state index in [0.717, 1.165) is 0 Å². The van der Waals surface area contributed by atoms with Gasteiger partial charge in [-0.3, -0.25) is 0 Å². The summed E-state index contributed by atoms with van der Waals surface area (Å²) in [7, 11) is -4.94. The predicted molar refractivity (Wildman–Crippen MR) is 0 cm³/mol. The van der Waals surface area contributed by atoms with Gasteiger partial charge in [0.2, 0.25) is 0 Å². The summed E-state index contributed by atoms with van der Waals surface area (Å²) in [6, 6.07) is 0. The topological polar surface area (TPSA) is 92.2 Å². The molecule has 0 heterocycles. The zero-order chi connectivity index (χ0) is 4.50. The van der Waals surface area contributed by atoms with Gasteiger partial charge in [0.05, 0.1) is 0 Å². The standard InChI is InChI=1S/ClHO4.ClH.2Li/c2-1(3,4)5;;;/h(H,2,3,4,5);1H;;/q;;2*+1/p-2. The Balaban J connectivity index is -0.0000000267. The van der Waals surface area contributed by atoms with Crippen LogP contribution in [0.4, 0.5) is 0 Å². The van der Waals surface area contributed by atoms with Crippen LogP contribution < -0.4 is 68.8 Å². The Labute approximate surface area is 78.8 Å². The Morgan fingerprint density at radius 1 is 0.750 bits per heavy atom. The first-order valence-corrected chi connectivity index (χ1v) is 1.85. The molecule has 0 atom stereocenters. The number of hydrogen-bond donors (Lipinski definition) is 0. The Morgan fingerprint density at radius 3 is 0.750 bits per heavy atom. The summed E-state index contributed by atoms with van der Waals surface area (Å²) < 4.78 is 34.0. The van der Waals surface area contributed by atoms with Crippen LogP contribution in [0.3, 0.4) is 0 Å². The molecule has 0 saturated carbocycles. The molecule has 0 aromatic rings. The van der Waals surface area contributed by atoms with Crippen molar-refractivity contribution in [2.45, 2.75) is 0 Å². The van der Waals surface area contributed by atoms with Crippen molar-refractivity contribution in [3.05, 3.63) is 0 Å². The molecule has 0 rings (SSSR count). The van der Waals surface area contributed by atoms with E-state index >= 15 is 0 Å². The Kier molecular flexibility index (Phi) is 24.4. The van der Waals surface area contributed by atoms with Crippen LogP contribution in [0.1, 0.15) is 0 Å². The minimum absolute atomic E-state index is 0. The summed E-state index contributed by atoms with van der Waals surface area (Å²) in [6.45, 7) is 0. The Bertz CT molecular complexity index is 27.5. The minimum atomic E-state index is -4.94. The molecule has 0 aromatic heterocycles. The molecule has 40 valence electrons. The molecular formula is Cl2Li2O4. The van der Waals surface area contributed by atoms with Crippen LogP contribution in [-0.2, 0) is 0 Å². The summed E-state index contributed by atoms with van der Waals surface area (Å²) in [4.78, 5) is 0. The van der Waals surface area contributed by atoms with Gasteiger partial charge in [-0.1, -0.05) is 0 Å². The van der Waals surface area contributed by atoms with E-state index in [4.69, 9.17) is 18.6 Å². The van der Waals surface area contributed by atoms with Crippen molar-refractivity contribution in [3.63, 3.8) is 0 Å². The van der Waals surface area contributed by atoms with E-state index in [9.17, 15) is 0 Å². The molecule has 0 fully saturated rings. The number of rotatable bonds is 0. The third-order valence-electron chi connectivity index (χ3n) is 0. The predicted octanol–water partition coefficient (Wildman–Crippen LogP) is -13.7. The second kappa shape index (κ2) is 8.61. The van der Waals surface area contributed by atoms with Gasteiger partial charge in [0, 0.05) is 0 Å². The molecule has 0 aliphatic heterocycles. The van der Waals surface area contributed by atoms with Crippen molar-refractivity contribution >= 4 is 0 Å². The molecule has 4 nitrogen and oxygen atoms in total. The van der Waals surface area contributed by atoms with Gasteiger partial charge >= 0.3 is 37.7 Å². The van der Waals surface area contributed by atoms with Gasteiger partial charge in [-0.15, -0.1) is 10.2 Å². The van der Waals surface area contributed by atoms with Crippen LogP contribution in [0.15, 0.2) is 0 Å². The fraction of sp³-hybridized carbons (Fsp3) is 0. The number of hydrogen-bond acceptors (Lipinski definition) is 4. The molecule has 0 aromatic carbocycles. The molecule has 8 heteroatoms. The second-order valence-corrected chi connectivity index (χ2v) is 1.13. The second-order valence-electron chi connectivity index (χ2n) is 0.378. The Morgan fingerprint density at radius 2 is 0.750 bits per heavy atom. The van der Waals surface area contributed by atoms with Crippen LogP contribution >= 0.6 is 0 Å². The maximum absolute atomic E-state index is 8.49. The van der Waals surface area contributed by atoms with E-state index in [1.54, 1.807) is 0 Å². The molecule has 8 heavy (non-hydrogen) atoms. The van der Waals surface area contributed by atoms with E-state index in [-0.39, 0.29) is 50.1 Å². The van der Waals surface area contributed by atoms with Crippen LogP contribution in [0.2, 0.25) is 0 Å². The first-order chi connectivity index (χ1) is 2.00. The van der Waals surface area contributed by atoms with Crippen molar-refractivity contribution in [1.29, 1.82) is 0 Å². The molecule has 0 bridgehead atoms. The monoisotopic (exact) mass is 148 g/mol. The first kappa shape index (κ1) is 22.6. The zero-order valence-corrected chi connectivity index (χ0v) is 5.90. The normalized spacial score (nSPS) is 7.50. The maximum Gasteiger partial charge on any atom is 1.00 e. The molecule has 0 saturated heterocycles. The largest absolute Gasteiger partial charge is 1.00 e. The van der Waals surface area contributed by atoms with E-state index < -0.39 is 10.2 Å². The van der Waals surface area contributed by atoms with Crippen molar-refractivity contribution in [3.8, 4) is 0 Å². The molecule has 0 spiro atoms. The molecule has 0 N–H and O–H groups in total. The molecule has 0 radical (unpaired) electrons. The van der Waals surface area contributed by atoms with Crippen molar-refractivity contribution in [2.24, 2.45) is 0 Å². The van der Waals surface area contributed by atoms with Gasteiger partial charge in [0.25, 0.3) is 0 Å². The average Bonchev–Trinajstić information content (AvgIpc) is 0.722. The van der Waals surface area contributed by atoms with Crippen LogP contribution in [-0.4, -0.2) is 0 Å². The summed E-state index contributed by atoms with van der Waals surface area (Å²) in [5.74, 6) is 0. The van der Waals surface area contributed by atoms with Crippen molar-refractivity contribution < 1.29 is 79.0 Å². The fourth-order valence-corrected chi connectivity index (χ4v) is 0. The minimum Gasteiger partial charge on any atom is -1.00 e. The van der Waals surface area contributed by atoms with E-state index in [1.807, 2.05) is 0 Å². The quantitative estimate of drug-likeness (QED) is 0.319. The van der Waals surface area contributed by atoms with E-state index in [1.165, 1.54) is 0 Å². The van der Waals surface area contributed by atoms with E-state index in [0.29, 0.717) is 0 Å². The molecule has 0 unspecified atom stereocenters. The molecule has 0 amide bonds. The maximum atomic E-state index is 8.49. The third-order valence-corrected chi connectivity index (χ3v) is 0.